The number of para-hydroxylation sites is 1. The second kappa shape index (κ2) is 7.10. The number of hydrogen-bond donors (Lipinski definition) is 0. The third-order valence-corrected chi connectivity index (χ3v) is 4.23. The molecule has 0 saturated carbocycles. The highest BCUT2D eigenvalue weighted by molar-refractivity contribution is 7.07. The summed E-state index contributed by atoms with van der Waals surface area (Å²) in [6, 6.07) is 11.4. The average Bonchev–Trinajstić information content (AvgIpc) is 3.27. The van der Waals surface area contributed by atoms with Crippen LogP contribution in [0.5, 0.6) is 0 Å². The van der Waals surface area contributed by atoms with Crippen molar-refractivity contribution in [2.24, 2.45) is 0 Å². The number of nitrogens with zero attached hydrogens (tertiary/aromatic N) is 2. The predicted molar refractivity (Wildman–Crippen MR) is 89.7 cm³/mol. The topological polar surface area (TPSA) is 76.6 Å². The Morgan fingerprint density at radius 2 is 2.00 bits per heavy atom. The van der Waals surface area contributed by atoms with Crippen molar-refractivity contribution in [2.75, 3.05) is 0 Å². The van der Waals surface area contributed by atoms with E-state index in [0.717, 1.165) is 5.56 Å². The van der Waals surface area contributed by atoms with Gasteiger partial charge in [0.15, 0.2) is 0 Å². The van der Waals surface area contributed by atoms with Crippen LogP contribution in [0.3, 0.4) is 0 Å². The van der Waals surface area contributed by atoms with Crippen LogP contribution in [0.4, 0.5) is 5.69 Å². The maximum Gasteiger partial charge on any atom is 0.282 e. The molecule has 0 fully saturated rings. The Labute approximate surface area is 142 Å². The van der Waals surface area contributed by atoms with Crippen LogP contribution in [0.15, 0.2) is 63.9 Å². The molecule has 0 radical (unpaired) electrons. The summed E-state index contributed by atoms with van der Waals surface area (Å²) >= 11 is 1.54. The van der Waals surface area contributed by atoms with Crippen molar-refractivity contribution in [3.8, 4) is 0 Å². The summed E-state index contributed by atoms with van der Waals surface area (Å²) < 4.78 is 5.32. The summed E-state index contributed by atoms with van der Waals surface area (Å²) in [6.07, 6.45) is 1.54. The molecule has 0 aliphatic carbocycles. The van der Waals surface area contributed by atoms with E-state index >= 15 is 0 Å². The normalized spacial score (nSPS) is 10.5. The number of carbonyl (C=O) groups excluding carboxylic acids is 1. The average molecular weight is 342 g/mol. The molecule has 0 unspecified atom stereocenters. The van der Waals surface area contributed by atoms with Crippen molar-refractivity contribution in [3.63, 3.8) is 0 Å². The SMILES string of the molecule is O=C(c1ccccc1[N+](=O)[O-])N(Cc1ccsc1)Cc1ccco1. The number of nitro benzene ring substituents is 1. The molecule has 0 saturated heterocycles. The second-order valence-corrected chi connectivity index (χ2v) is 5.93. The van der Waals surface area contributed by atoms with E-state index in [-0.39, 0.29) is 17.8 Å². The molecule has 1 aromatic carbocycles. The standard InChI is InChI=1S/C17H14N2O4S/c20-17(15-5-1-2-6-16(15)19(21)22)18(10-13-7-9-24-12-13)11-14-4-3-8-23-14/h1-9,12H,10-11H2. The number of amides is 1. The van der Waals surface area contributed by atoms with Gasteiger partial charge in [0.1, 0.15) is 11.3 Å². The van der Waals surface area contributed by atoms with E-state index in [4.69, 9.17) is 4.42 Å². The quantitative estimate of drug-likeness (QED) is 0.499. The van der Waals surface area contributed by atoms with Gasteiger partial charge in [-0.25, -0.2) is 0 Å². The van der Waals surface area contributed by atoms with Crippen molar-refractivity contribution >= 4 is 22.9 Å². The maximum atomic E-state index is 12.9. The highest BCUT2D eigenvalue weighted by Crippen LogP contribution is 2.22. The molecule has 3 aromatic rings. The van der Waals surface area contributed by atoms with E-state index in [9.17, 15) is 14.9 Å². The fourth-order valence-corrected chi connectivity index (χ4v) is 3.04. The molecule has 0 aliphatic rings. The van der Waals surface area contributed by atoms with Gasteiger partial charge < -0.3 is 9.32 Å². The van der Waals surface area contributed by atoms with Gasteiger partial charge in [-0.2, -0.15) is 11.3 Å². The van der Waals surface area contributed by atoms with Crippen molar-refractivity contribution in [1.82, 2.24) is 4.90 Å². The molecular formula is C17H14N2O4S. The summed E-state index contributed by atoms with van der Waals surface area (Å²) in [5, 5.41) is 15.1. The highest BCUT2D eigenvalue weighted by atomic mass is 32.1. The molecule has 2 aromatic heterocycles. The lowest BCUT2D eigenvalue weighted by molar-refractivity contribution is -0.385. The first-order valence-electron chi connectivity index (χ1n) is 7.21. The molecule has 122 valence electrons. The van der Waals surface area contributed by atoms with Crippen molar-refractivity contribution in [1.29, 1.82) is 0 Å². The van der Waals surface area contributed by atoms with Gasteiger partial charge in [0, 0.05) is 12.6 Å². The zero-order valence-corrected chi connectivity index (χ0v) is 13.4. The summed E-state index contributed by atoms with van der Waals surface area (Å²) in [4.78, 5) is 25.1. The number of furan rings is 1. The van der Waals surface area contributed by atoms with Crippen LogP contribution in [-0.2, 0) is 13.1 Å². The predicted octanol–water partition coefficient (Wildman–Crippen LogP) is 4.09. The molecular weight excluding hydrogens is 328 g/mol. The van der Waals surface area contributed by atoms with Gasteiger partial charge in [-0.3, -0.25) is 14.9 Å². The van der Waals surface area contributed by atoms with E-state index in [1.165, 1.54) is 29.7 Å². The summed E-state index contributed by atoms with van der Waals surface area (Å²) in [5.41, 5.74) is 0.847. The Morgan fingerprint density at radius 3 is 2.67 bits per heavy atom. The summed E-state index contributed by atoms with van der Waals surface area (Å²) in [7, 11) is 0. The maximum absolute atomic E-state index is 12.9. The van der Waals surface area contributed by atoms with E-state index in [1.54, 1.807) is 29.2 Å². The smallest absolute Gasteiger partial charge is 0.282 e. The first kappa shape index (κ1) is 15.9. The minimum atomic E-state index is -0.539. The number of carbonyl (C=O) groups is 1. The lowest BCUT2D eigenvalue weighted by atomic mass is 10.1. The lowest BCUT2D eigenvalue weighted by Crippen LogP contribution is -2.30. The van der Waals surface area contributed by atoms with Gasteiger partial charge in [0.2, 0.25) is 0 Å². The van der Waals surface area contributed by atoms with Gasteiger partial charge in [0.25, 0.3) is 11.6 Å². The van der Waals surface area contributed by atoms with Crippen molar-refractivity contribution in [2.45, 2.75) is 13.1 Å². The second-order valence-electron chi connectivity index (χ2n) is 5.15. The molecule has 7 heteroatoms. The highest BCUT2D eigenvalue weighted by Gasteiger charge is 2.25. The zero-order chi connectivity index (χ0) is 16.9. The molecule has 0 aliphatic heterocycles. The monoisotopic (exact) mass is 342 g/mol. The number of benzene rings is 1. The van der Waals surface area contributed by atoms with Crippen molar-refractivity contribution in [3.05, 3.63) is 86.5 Å². The van der Waals surface area contributed by atoms with Crippen LogP contribution in [0.2, 0.25) is 0 Å². The Balaban J connectivity index is 1.92. The van der Waals surface area contributed by atoms with E-state index < -0.39 is 10.8 Å². The van der Waals surface area contributed by atoms with Crippen LogP contribution < -0.4 is 0 Å². The van der Waals surface area contributed by atoms with E-state index in [1.807, 2.05) is 16.8 Å². The number of thiophene rings is 1. The molecule has 1 amide bonds. The Hall–Kier alpha value is -2.93. The Morgan fingerprint density at radius 1 is 1.17 bits per heavy atom. The van der Waals surface area contributed by atoms with Crippen molar-refractivity contribution < 1.29 is 14.1 Å². The van der Waals surface area contributed by atoms with E-state index in [2.05, 4.69) is 0 Å². The summed E-state index contributed by atoms with van der Waals surface area (Å²) in [6.45, 7) is 0.600. The van der Waals surface area contributed by atoms with Gasteiger partial charge in [0.05, 0.1) is 17.7 Å². The van der Waals surface area contributed by atoms with Gasteiger partial charge in [-0.1, -0.05) is 12.1 Å². The molecule has 6 nitrogen and oxygen atoms in total. The number of nitro groups is 1. The van der Waals surface area contributed by atoms with E-state index in [0.29, 0.717) is 12.3 Å². The van der Waals surface area contributed by atoms with Gasteiger partial charge in [-0.15, -0.1) is 0 Å². The van der Waals surface area contributed by atoms with Crippen LogP contribution in [-0.4, -0.2) is 15.7 Å². The molecule has 0 spiro atoms. The molecule has 24 heavy (non-hydrogen) atoms. The lowest BCUT2D eigenvalue weighted by Gasteiger charge is -2.21. The fraction of sp³-hybridized carbons (Fsp3) is 0.118. The Bertz CT molecular complexity index is 792. The van der Waals surface area contributed by atoms with Gasteiger partial charge in [-0.05, 0) is 40.6 Å². The van der Waals surface area contributed by atoms with Crippen LogP contribution in [0.25, 0.3) is 0 Å². The summed E-state index contributed by atoms with van der Waals surface area (Å²) in [5.74, 6) is 0.224. The van der Waals surface area contributed by atoms with Crippen LogP contribution in [0, 0.1) is 10.1 Å². The first-order valence-corrected chi connectivity index (χ1v) is 8.15. The van der Waals surface area contributed by atoms with Gasteiger partial charge >= 0.3 is 0 Å². The fourth-order valence-electron chi connectivity index (χ4n) is 2.38. The first-order chi connectivity index (χ1) is 11.6. The number of rotatable bonds is 6. The molecule has 0 bridgehead atoms. The Kier molecular flexibility index (Phi) is 4.72. The number of hydrogen-bond acceptors (Lipinski definition) is 5. The molecule has 2 heterocycles. The molecule has 0 atom stereocenters. The molecule has 3 rings (SSSR count). The third-order valence-electron chi connectivity index (χ3n) is 3.50. The largest absolute Gasteiger partial charge is 0.467 e. The molecule has 0 N–H and O–H groups in total. The van der Waals surface area contributed by atoms with Crippen LogP contribution in [0.1, 0.15) is 21.7 Å². The van der Waals surface area contributed by atoms with Crippen LogP contribution >= 0.6 is 11.3 Å². The zero-order valence-electron chi connectivity index (χ0n) is 12.6. The minimum Gasteiger partial charge on any atom is -0.467 e. The minimum absolute atomic E-state index is 0.0734. The third kappa shape index (κ3) is 3.52.